The number of urea groups is 1. The average molecular weight is 292 g/mol. The predicted octanol–water partition coefficient (Wildman–Crippen LogP) is 1.06. The highest BCUT2D eigenvalue weighted by Crippen LogP contribution is 2.18. The Morgan fingerprint density at radius 3 is 2.45 bits per heavy atom. The first-order valence-electron chi connectivity index (χ1n) is 5.41. The third-order valence-electron chi connectivity index (χ3n) is 2.26. The Morgan fingerprint density at radius 2 is 1.90 bits per heavy atom. The number of halogens is 3. The number of carbonyl (C=O) groups is 2. The van der Waals surface area contributed by atoms with Crippen molar-refractivity contribution in [3.63, 3.8) is 0 Å². The van der Waals surface area contributed by atoms with Crippen LogP contribution in [-0.4, -0.2) is 34.9 Å². The average Bonchev–Trinajstić information content (AvgIpc) is 2.34. The lowest BCUT2D eigenvalue weighted by molar-refractivity contribution is -0.139. The minimum Gasteiger partial charge on any atom is -0.480 e. The Morgan fingerprint density at radius 1 is 1.25 bits per heavy atom. The molecule has 6 nitrogen and oxygen atoms in total. The molecule has 0 aliphatic heterocycles. The van der Waals surface area contributed by atoms with Crippen LogP contribution >= 0.6 is 0 Å². The summed E-state index contributed by atoms with van der Waals surface area (Å²) < 4.78 is 39.0. The Labute approximate surface area is 111 Å². The zero-order chi connectivity index (χ0) is 15.3. The first-order chi connectivity index (χ1) is 9.35. The van der Waals surface area contributed by atoms with Gasteiger partial charge in [0.15, 0.2) is 11.6 Å². The summed E-state index contributed by atoms with van der Waals surface area (Å²) in [6, 6.07) is -1.75. The molecule has 0 aliphatic carbocycles. The van der Waals surface area contributed by atoms with Gasteiger partial charge in [0.2, 0.25) is 0 Å². The van der Waals surface area contributed by atoms with Crippen LogP contribution in [0.25, 0.3) is 0 Å². The second-order valence-corrected chi connectivity index (χ2v) is 3.75. The van der Waals surface area contributed by atoms with E-state index in [2.05, 4.69) is 0 Å². The van der Waals surface area contributed by atoms with Crippen LogP contribution in [0.5, 0.6) is 0 Å². The highest BCUT2D eigenvalue weighted by atomic mass is 19.2. The number of carboxylic acids is 1. The van der Waals surface area contributed by atoms with Crippen molar-refractivity contribution >= 4 is 17.7 Å². The third-order valence-corrected chi connectivity index (χ3v) is 2.26. The molecule has 0 fully saturated rings. The fraction of sp³-hybridized carbons (Fsp3) is 0.273. The van der Waals surface area contributed by atoms with Crippen LogP contribution in [0.4, 0.5) is 23.7 Å². The highest BCUT2D eigenvalue weighted by molar-refractivity contribution is 5.92. The van der Waals surface area contributed by atoms with Gasteiger partial charge >= 0.3 is 12.0 Å². The molecule has 0 radical (unpaired) electrons. The SMILES string of the molecule is O=C(Nc1cc(F)cc(F)c1F)NC(CCO)C(=O)O. The minimum absolute atomic E-state index is 0.275. The zero-order valence-electron chi connectivity index (χ0n) is 9.99. The van der Waals surface area contributed by atoms with Gasteiger partial charge < -0.3 is 20.8 Å². The number of aliphatic carboxylic acids is 1. The van der Waals surface area contributed by atoms with E-state index in [0.717, 1.165) is 0 Å². The van der Waals surface area contributed by atoms with Gasteiger partial charge in [-0.05, 0) is 0 Å². The summed E-state index contributed by atoms with van der Waals surface area (Å²) >= 11 is 0. The van der Waals surface area contributed by atoms with Crippen LogP contribution in [0.3, 0.4) is 0 Å². The molecule has 4 N–H and O–H groups in total. The standard InChI is InChI=1S/C11H11F3N2O4/c12-5-3-6(13)9(14)8(4-5)16-11(20)15-7(1-2-17)10(18)19/h3-4,7,17H,1-2H2,(H,18,19)(H2,15,16,20). The molecule has 0 heterocycles. The van der Waals surface area contributed by atoms with Crippen LogP contribution < -0.4 is 10.6 Å². The number of aliphatic hydroxyl groups excluding tert-OH is 1. The molecule has 0 aliphatic rings. The number of nitrogens with one attached hydrogen (secondary N) is 2. The van der Waals surface area contributed by atoms with E-state index >= 15 is 0 Å². The van der Waals surface area contributed by atoms with Crippen molar-refractivity contribution in [1.29, 1.82) is 0 Å². The summed E-state index contributed by atoms with van der Waals surface area (Å²) in [6.07, 6.45) is -0.275. The molecule has 0 saturated heterocycles. The number of anilines is 1. The molecule has 0 saturated carbocycles. The van der Waals surface area contributed by atoms with E-state index in [9.17, 15) is 22.8 Å². The minimum atomic E-state index is -1.49. The van der Waals surface area contributed by atoms with Gasteiger partial charge in [0, 0.05) is 25.2 Å². The molecule has 1 rings (SSSR count). The van der Waals surface area contributed by atoms with Crippen LogP contribution in [-0.2, 0) is 4.79 Å². The van der Waals surface area contributed by atoms with Gasteiger partial charge in [-0.1, -0.05) is 0 Å². The van der Waals surface area contributed by atoms with Gasteiger partial charge in [-0.25, -0.2) is 22.8 Å². The summed E-state index contributed by atoms with van der Waals surface area (Å²) in [5, 5.41) is 21.0. The molecule has 20 heavy (non-hydrogen) atoms. The zero-order valence-corrected chi connectivity index (χ0v) is 9.99. The van der Waals surface area contributed by atoms with Crippen LogP contribution in [0.2, 0.25) is 0 Å². The van der Waals surface area contributed by atoms with Crippen molar-refractivity contribution in [1.82, 2.24) is 5.32 Å². The third kappa shape index (κ3) is 4.12. The number of rotatable bonds is 5. The molecular formula is C11H11F3N2O4. The number of amides is 2. The number of hydrogen-bond donors (Lipinski definition) is 4. The number of aliphatic hydroxyl groups is 1. The molecule has 0 spiro atoms. The number of benzene rings is 1. The van der Waals surface area contributed by atoms with Gasteiger partial charge in [0.25, 0.3) is 0 Å². The lowest BCUT2D eigenvalue weighted by Gasteiger charge is -2.14. The van der Waals surface area contributed by atoms with Crippen molar-refractivity contribution in [2.24, 2.45) is 0 Å². The molecule has 1 aromatic rings. The molecular weight excluding hydrogens is 281 g/mol. The molecule has 2 amide bonds. The summed E-state index contributed by atoms with van der Waals surface area (Å²) in [4.78, 5) is 22.1. The molecule has 9 heteroatoms. The van der Waals surface area contributed by atoms with Gasteiger partial charge in [-0.15, -0.1) is 0 Å². The number of carbonyl (C=O) groups excluding carboxylic acids is 1. The van der Waals surface area contributed by atoms with Crippen molar-refractivity contribution in [3.8, 4) is 0 Å². The van der Waals surface area contributed by atoms with E-state index in [1.807, 2.05) is 5.32 Å². The second kappa shape index (κ2) is 6.75. The van der Waals surface area contributed by atoms with Crippen molar-refractivity contribution in [2.45, 2.75) is 12.5 Å². The first-order valence-corrected chi connectivity index (χ1v) is 5.41. The molecule has 1 atom stereocenters. The summed E-state index contributed by atoms with van der Waals surface area (Å²) in [7, 11) is 0. The summed E-state index contributed by atoms with van der Waals surface area (Å²) in [6.45, 7) is -0.500. The Kier molecular flexibility index (Phi) is 5.32. The number of carboxylic acid groups (broad SMARTS) is 1. The normalized spacial score (nSPS) is 11.8. The quantitative estimate of drug-likeness (QED) is 0.610. The van der Waals surface area contributed by atoms with E-state index in [-0.39, 0.29) is 6.42 Å². The van der Waals surface area contributed by atoms with Gasteiger partial charge in [0.1, 0.15) is 11.9 Å². The lowest BCUT2D eigenvalue weighted by Crippen LogP contribution is -2.43. The molecule has 110 valence electrons. The van der Waals surface area contributed by atoms with E-state index in [4.69, 9.17) is 10.2 Å². The van der Waals surface area contributed by atoms with E-state index in [0.29, 0.717) is 12.1 Å². The Balaban J connectivity index is 2.78. The smallest absolute Gasteiger partial charge is 0.326 e. The topological polar surface area (TPSA) is 98.7 Å². The Bertz CT molecular complexity index is 525. The van der Waals surface area contributed by atoms with E-state index < -0.39 is 47.8 Å². The summed E-state index contributed by atoms with van der Waals surface area (Å²) in [5.41, 5.74) is -0.770. The Hall–Kier alpha value is -2.29. The highest BCUT2D eigenvalue weighted by Gasteiger charge is 2.20. The molecule has 0 bridgehead atoms. The van der Waals surface area contributed by atoms with Crippen LogP contribution in [0.15, 0.2) is 12.1 Å². The summed E-state index contributed by atoms with van der Waals surface area (Å²) in [5.74, 6) is -5.49. The van der Waals surface area contributed by atoms with Gasteiger partial charge in [-0.3, -0.25) is 0 Å². The van der Waals surface area contributed by atoms with Crippen molar-refractivity contribution < 1.29 is 33.0 Å². The molecule has 0 aromatic heterocycles. The maximum absolute atomic E-state index is 13.2. The van der Waals surface area contributed by atoms with E-state index in [1.54, 1.807) is 5.32 Å². The molecule has 1 aromatic carbocycles. The lowest BCUT2D eigenvalue weighted by atomic mass is 10.2. The van der Waals surface area contributed by atoms with Gasteiger partial charge in [0.05, 0.1) is 5.69 Å². The monoisotopic (exact) mass is 292 g/mol. The largest absolute Gasteiger partial charge is 0.480 e. The fourth-order valence-corrected chi connectivity index (χ4v) is 1.35. The predicted molar refractivity (Wildman–Crippen MR) is 61.6 cm³/mol. The maximum Gasteiger partial charge on any atom is 0.326 e. The maximum atomic E-state index is 13.2. The number of hydrogen-bond acceptors (Lipinski definition) is 3. The van der Waals surface area contributed by atoms with Crippen molar-refractivity contribution in [2.75, 3.05) is 11.9 Å². The fourth-order valence-electron chi connectivity index (χ4n) is 1.35. The first kappa shape index (κ1) is 15.8. The van der Waals surface area contributed by atoms with Crippen molar-refractivity contribution in [3.05, 3.63) is 29.6 Å². The van der Waals surface area contributed by atoms with Gasteiger partial charge in [-0.2, -0.15) is 0 Å². The van der Waals surface area contributed by atoms with E-state index in [1.165, 1.54) is 0 Å². The van der Waals surface area contributed by atoms with Crippen LogP contribution in [0, 0.1) is 17.5 Å². The second-order valence-electron chi connectivity index (χ2n) is 3.75. The molecule has 1 unspecified atom stereocenters. The van der Waals surface area contributed by atoms with Crippen LogP contribution in [0.1, 0.15) is 6.42 Å².